The quantitative estimate of drug-likeness (QED) is 0.859. The lowest BCUT2D eigenvalue weighted by Crippen LogP contribution is -2.41. The van der Waals surface area contributed by atoms with Gasteiger partial charge in [-0.2, -0.15) is 0 Å². The molecule has 0 unspecified atom stereocenters. The summed E-state index contributed by atoms with van der Waals surface area (Å²) in [7, 11) is 1.57. The fraction of sp³-hybridized carbons (Fsp3) is 0.333. The van der Waals surface area contributed by atoms with E-state index in [1.165, 1.54) is 0 Å². The van der Waals surface area contributed by atoms with E-state index in [-0.39, 0.29) is 5.92 Å². The maximum absolute atomic E-state index is 12.5. The minimum absolute atomic E-state index is 0.170. The van der Waals surface area contributed by atoms with E-state index in [1.807, 2.05) is 38.1 Å². The van der Waals surface area contributed by atoms with Gasteiger partial charge in [0.05, 0.1) is 7.11 Å². The summed E-state index contributed by atoms with van der Waals surface area (Å²) in [6.45, 7) is 3.84. The van der Waals surface area contributed by atoms with E-state index < -0.39 is 17.9 Å². The third kappa shape index (κ3) is 3.80. The van der Waals surface area contributed by atoms with Gasteiger partial charge in [0.1, 0.15) is 11.8 Å². The Morgan fingerprint density at radius 2 is 1.78 bits per heavy atom. The van der Waals surface area contributed by atoms with E-state index in [0.717, 1.165) is 10.8 Å². The van der Waals surface area contributed by atoms with Gasteiger partial charge in [0.2, 0.25) is 0 Å². The predicted octanol–water partition coefficient (Wildman–Crippen LogP) is 3.08. The Kier molecular flexibility index (Phi) is 5.21. The highest BCUT2D eigenvalue weighted by atomic mass is 16.5. The van der Waals surface area contributed by atoms with Crippen LogP contribution in [0.5, 0.6) is 5.75 Å². The zero-order valence-electron chi connectivity index (χ0n) is 13.5. The number of hydrogen-bond donors (Lipinski definition) is 2. The summed E-state index contributed by atoms with van der Waals surface area (Å²) in [6, 6.07) is 9.87. The van der Waals surface area contributed by atoms with Crippen molar-refractivity contribution in [2.75, 3.05) is 7.11 Å². The van der Waals surface area contributed by atoms with Crippen LogP contribution in [0.3, 0.4) is 0 Å². The first-order valence-corrected chi connectivity index (χ1v) is 7.53. The van der Waals surface area contributed by atoms with Crippen molar-refractivity contribution in [3.05, 3.63) is 42.0 Å². The second-order valence-corrected chi connectivity index (χ2v) is 5.85. The SMILES string of the molecule is COc1ccc(C(=O)N[C@H](CC(C)C)C(=O)O)c2ccccc12. The lowest BCUT2D eigenvalue weighted by Gasteiger charge is -2.17. The number of methoxy groups -OCH3 is 1. The predicted molar refractivity (Wildman–Crippen MR) is 88.8 cm³/mol. The van der Waals surface area contributed by atoms with Gasteiger partial charge >= 0.3 is 5.97 Å². The van der Waals surface area contributed by atoms with Crippen LogP contribution in [0.15, 0.2) is 36.4 Å². The molecule has 0 saturated carbocycles. The molecule has 0 bridgehead atoms. The maximum atomic E-state index is 12.5. The van der Waals surface area contributed by atoms with Gasteiger partial charge in [-0.25, -0.2) is 4.79 Å². The number of amides is 1. The second kappa shape index (κ2) is 7.13. The maximum Gasteiger partial charge on any atom is 0.326 e. The number of carboxylic acid groups (broad SMARTS) is 1. The summed E-state index contributed by atoms with van der Waals surface area (Å²) in [4.78, 5) is 23.9. The molecule has 0 aliphatic carbocycles. The van der Waals surface area contributed by atoms with Gasteiger partial charge in [-0.15, -0.1) is 0 Å². The van der Waals surface area contributed by atoms with Crippen molar-refractivity contribution in [2.45, 2.75) is 26.3 Å². The summed E-state index contributed by atoms with van der Waals surface area (Å²) in [5.41, 5.74) is 0.441. The van der Waals surface area contributed by atoms with Gasteiger partial charge in [0, 0.05) is 10.9 Å². The van der Waals surface area contributed by atoms with Gasteiger partial charge in [-0.05, 0) is 29.9 Å². The molecule has 0 aliphatic heterocycles. The number of carboxylic acids is 1. The highest BCUT2D eigenvalue weighted by Crippen LogP contribution is 2.28. The van der Waals surface area contributed by atoms with Crippen LogP contribution in [0.1, 0.15) is 30.6 Å². The van der Waals surface area contributed by atoms with Crippen molar-refractivity contribution in [1.82, 2.24) is 5.32 Å². The molecule has 0 fully saturated rings. The summed E-state index contributed by atoms with van der Waals surface area (Å²) in [5.74, 6) is -0.570. The monoisotopic (exact) mass is 315 g/mol. The molecule has 0 saturated heterocycles. The van der Waals surface area contributed by atoms with Crippen LogP contribution in [-0.4, -0.2) is 30.1 Å². The highest BCUT2D eigenvalue weighted by Gasteiger charge is 2.23. The number of fused-ring (bicyclic) bond motifs is 1. The molecular weight excluding hydrogens is 294 g/mol. The first-order chi connectivity index (χ1) is 10.9. The molecule has 2 N–H and O–H groups in total. The van der Waals surface area contributed by atoms with Gasteiger partial charge in [-0.3, -0.25) is 4.79 Å². The normalized spacial score (nSPS) is 12.2. The van der Waals surface area contributed by atoms with E-state index in [9.17, 15) is 14.7 Å². The largest absolute Gasteiger partial charge is 0.496 e. The number of nitrogens with one attached hydrogen (secondary N) is 1. The Balaban J connectivity index is 2.36. The number of benzene rings is 2. The molecule has 0 aromatic heterocycles. The van der Waals surface area contributed by atoms with Gasteiger partial charge in [0.25, 0.3) is 5.91 Å². The average molecular weight is 315 g/mol. The van der Waals surface area contributed by atoms with Crippen LogP contribution >= 0.6 is 0 Å². The van der Waals surface area contributed by atoms with Crippen molar-refractivity contribution < 1.29 is 19.4 Å². The Morgan fingerprint density at radius 3 is 2.35 bits per heavy atom. The summed E-state index contributed by atoms with van der Waals surface area (Å²) >= 11 is 0. The molecule has 2 aromatic carbocycles. The zero-order chi connectivity index (χ0) is 17.0. The lowest BCUT2D eigenvalue weighted by atomic mass is 10.0. The smallest absolute Gasteiger partial charge is 0.326 e. The highest BCUT2D eigenvalue weighted by molar-refractivity contribution is 6.09. The first kappa shape index (κ1) is 16.8. The molecule has 2 aromatic rings. The summed E-state index contributed by atoms with van der Waals surface area (Å²) < 4.78 is 5.31. The third-order valence-electron chi connectivity index (χ3n) is 3.66. The molecule has 2 rings (SSSR count). The van der Waals surface area contributed by atoms with Gasteiger partial charge < -0.3 is 15.2 Å². The second-order valence-electron chi connectivity index (χ2n) is 5.85. The topological polar surface area (TPSA) is 75.6 Å². The van der Waals surface area contributed by atoms with Crippen LogP contribution in [0.4, 0.5) is 0 Å². The van der Waals surface area contributed by atoms with E-state index in [0.29, 0.717) is 17.7 Å². The number of carbonyl (C=O) groups is 2. The Hall–Kier alpha value is -2.56. The van der Waals surface area contributed by atoms with Crippen LogP contribution in [0.2, 0.25) is 0 Å². The van der Waals surface area contributed by atoms with E-state index in [4.69, 9.17) is 4.74 Å². The van der Waals surface area contributed by atoms with E-state index in [2.05, 4.69) is 5.32 Å². The Morgan fingerprint density at radius 1 is 1.13 bits per heavy atom. The molecule has 5 nitrogen and oxygen atoms in total. The van der Waals surface area contributed by atoms with Crippen LogP contribution < -0.4 is 10.1 Å². The minimum atomic E-state index is -1.02. The summed E-state index contributed by atoms with van der Waals surface area (Å²) in [5, 5.41) is 13.4. The van der Waals surface area contributed by atoms with Crippen molar-refractivity contribution >= 4 is 22.6 Å². The molecule has 0 radical (unpaired) electrons. The minimum Gasteiger partial charge on any atom is -0.496 e. The standard InChI is InChI=1S/C18H21NO4/c1-11(2)10-15(18(21)22)19-17(20)14-8-9-16(23-3)13-7-5-4-6-12(13)14/h4-9,11,15H,10H2,1-3H3,(H,19,20)(H,21,22)/t15-/m1/s1. The number of aliphatic carboxylic acids is 1. The third-order valence-corrected chi connectivity index (χ3v) is 3.66. The molecule has 122 valence electrons. The summed E-state index contributed by atoms with van der Waals surface area (Å²) in [6.07, 6.45) is 0.384. The number of hydrogen-bond acceptors (Lipinski definition) is 3. The first-order valence-electron chi connectivity index (χ1n) is 7.53. The van der Waals surface area contributed by atoms with Crippen LogP contribution in [0.25, 0.3) is 10.8 Å². The molecular formula is C18H21NO4. The fourth-order valence-corrected chi connectivity index (χ4v) is 2.58. The molecule has 23 heavy (non-hydrogen) atoms. The van der Waals surface area contributed by atoms with Gasteiger partial charge in [-0.1, -0.05) is 38.1 Å². The fourth-order valence-electron chi connectivity index (χ4n) is 2.58. The van der Waals surface area contributed by atoms with Crippen molar-refractivity contribution in [1.29, 1.82) is 0 Å². The molecule has 5 heteroatoms. The van der Waals surface area contributed by atoms with Crippen molar-refractivity contribution in [3.63, 3.8) is 0 Å². The molecule has 0 heterocycles. The lowest BCUT2D eigenvalue weighted by molar-refractivity contribution is -0.139. The van der Waals surface area contributed by atoms with Crippen molar-refractivity contribution in [3.8, 4) is 5.75 Å². The van der Waals surface area contributed by atoms with E-state index in [1.54, 1.807) is 19.2 Å². The molecule has 1 atom stereocenters. The average Bonchev–Trinajstić information content (AvgIpc) is 2.52. The zero-order valence-corrected chi connectivity index (χ0v) is 13.5. The van der Waals surface area contributed by atoms with E-state index >= 15 is 0 Å². The Bertz CT molecular complexity index is 724. The van der Waals surface area contributed by atoms with Crippen LogP contribution in [-0.2, 0) is 4.79 Å². The number of rotatable bonds is 6. The molecule has 1 amide bonds. The number of ether oxygens (including phenoxy) is 1. The van der Waals surface area contributed by atoms with Crippen LogP contribution in [0, 0.1) is 5.92 Å². The molecule has 0 aliphatic rings. The number of carbonyl (C=O) groups excluding carboxylic acids is 1. The molecule has 0 spiro atoms. The van der Waals surface area contributed by atoms with Gasteiger partial charge in [0.15, 0.2) is 0 Å². The van der Waals surface area contributed by atoms with Crippen molar-refractivity contribution in [2.24, 2.45) is 5.92 Å². The Labute approximate surface area is 135 Å².